The molecular formula is C30H56NO9SSi4. The van der Waals surface area contributed by atoms with Crippen molar-refractivity contribution >= 4 is 52.3 Å². The lowest BCUT2D eigenvalue weighted by molar-refractivity contribution is -0.870. The maximum absolute atomic E-state index is 12.3. The first kappa shape index (κ1) is 43.6. The molecule has 1 unspecified atom stereocenters. The molecule has 0 saturated heterocycles. The van der Waals surface area contributed by atoms with Crippen LogP contribution >= 0.6 is 12.0 Å². The molecule has 0 amide bonds. The Morgan fingerprint density at radius 1 is 0.978 bits per heavy atom. The van der Waals surface area contributed by atoms with Crippen LogP contribution in [0.15, 0.2) is 47.4 Å². The van der Waals surface area contributed by atoms with Gasteiger partial charge in [0.1, 0.15) is 5.75 Å². The van der Waals surface area contributed by atoms with Gasteiger partial charge in [-0.1, -0.05) is 55.0 Å². The van der Waals surface area contributed by atoms with E-state index in [1.807, 2.05) is 13.8 Å². The van der Waals surface area contributed by atoms with Gasteiger partial charge >= 0.3 is 17.1 Å². The van der Waals surface area contributed by atoms with E-state index in [1.165, 1.54) is 19.2 Å². The zero-order valence-electron chi connectivity index (χ0n) is 29.7. The lowest BCUT2D eigenvalue weighted by Gasteiger charge is -2.39. The standard InChI is InChI=1S/C14H39NO3Si4.C14H12O6S.C2H6/c1-15(2,3)13-12-14-22(11,16-19(4)5)18-21(9,10)17-20(6,7)8;1-18-12-8-11(15)10(7-13(12)21-20-19-17)14(16)9-5-3-2-4-6-9;1-2/h12-14H2,1-11H3;2-8,15,17H,1H3;1-2H3/q+1;;/p-1. The third kappa shape index (κ3) is 18.5. The maximum atomic E-state index is 12.3. The van der Waals surface area contributed by atoms with Gasteiger partial charge in [-0.3, -0.25) is 4.79 Å². The van der Waals surface area contributed by atoms with Crippen LogP contribution in [-0.4, -0.2) is 84.8 Å². The number of carbonyl (C=O) groups excluding carboxylic acids is 1. The number of nitrogens with zero attached hydrogens (tertiary/aromatic N) is 1. The molecule has 0 aliphatic carbocycles. The number of quaternary nitrogens is 1. The Labute approximate surface area is 281 Å². The summed E-state index contributed by atoms with van der Waals surface area (Å²) in [7, 11) is 1.46. The van der Waals surface area contributed by atoms with Crippen LogP contribution in [0.3, 0.4) is 0 Å². The van der Waals surface area contributed by atoms with Crippen molar-refractivity contribution < 1.29 is 46.1 Å². The van der Waals surface area contributed by atoms with Crippen molar-refractivity contribution in [1.29, 1.82) is 0 Å². The van der Waals surface area contributed by atoms with Gasteiger partial charge in [0.15, 0.2) is 23.1 Å². The first-order chi connectivity index (χ1) is 20.7. The molecule has 0 aliphatic rings. The van der Waals surface area contributed by atoms with Gasteiger partial charge in [0.2, 0.25) is 0 Å². The van der Waals surface area contributed by atoms with E-state index in [9.17, 15) is 9.90 Å². The number of rotatable bonds is 16. The Balaban J connectivity index is 0.000000815. The molecule has 257 valence electrons. The molecule has 1 radical (unpaired) electrons. The Morgan fingerprint density at radius 2 is 1.56 bits per heavy atom. The molecule has 0 aliphatic heterocycles. The van der Waals surface area contributed by atoms with Crippen molar-refractivity contribution in [2.24, 2.45) is 0 Å². The Morgan fingerprint density at radius 3 is 2.02 bits per heavy atom. The van der Waals surface area contributed by atoms with Crippen LogP contribution in [0.2, 0.25) is 58.4 Å². The first-order valence-corrected chi connectivity index (χ1v) is 26.9. The zero-order valence-corrected chi connectivity index (χ0v) is 34.5. The van der Waals surface area contributed by atoms with E-state index >= 15 is 0 Å². The zero-order chi connectivity index (χ0) is 35.1. The summed E-state index contributed by atoms with van der Waals surface area (Å²) in [6, 6.07) is 12.0. The van der Waals surface area contributed by atoms with E-state index in [0.29, 0.717) is 22.5 Å². The number of benzene rings is 2. The summed E-state index contributed by atoms with van der Waals surface area (Å²) in [4.78, 5) is 12.6. The van der Waals surface area contributed by atoms with Crippen molar-refractivity contribution in [3.8, 4) is 11.5 Å². The fourth-order valence-corrected chi connectivity index (χ4v) is 21.2. The summed E-state index contributed by atoms with van der Waals surface area (Å²) >= 11 is 0.619. The summed E-state index contributed by atoms with van der Waals surface area (Å²) in [6.45, 7) is 22.9. The van der Waals surface area contributed by atoms with E-state index in [-0.39, 0.29) is 11.3 Å². The predicted molar refractivity (Wildman–Crippen MR) is 190 cm³/mol. The molecule has 45 heavy (non-hydrogen) atoms. The van der Waals surface area contributed by atoms with Crippen LogP contribution in [0.4, 0.5) is 0 Å². The highest BCUT2D eigenvalue weighted by Gasteiger charge is 2.42. The summed E-state index contributed by atoms with van der Waals surface area (Å²) in [5, 5.41) is 23.7. The Kier molecular flexibility index (Phi) is 19.5. The largest absolute Gasteiger partial charge is 0.872 e. The van der Waals surface area contributed by atoms with Crippen LogP contribution in [0.1, 0.15) is 36.2 Å². The van der Waals surface area contributed by atoms with Crippen molar-refractivity contribution in [2.45, 2.75) is 83.6 Å². The molecule has 0 fully saturated rings. The molecule has 0 spiro atoms. The van der Waals surface area contributed by atoms with Crippen LogP contribution < -0.4 is 9.84 Å². The molecule has 1 atom stereocenters. The van der Waals surface area contributed by atoms with Crippen LogP contribution in [0, 0.1) is 0 Å². The van der Waals surface area contributed by atoms with Gasteiger partial charge in [-0.25, -0.2) is 5.26 Å². The highest BCUT2D eigenvalue weighted by atomic mass is 32.2. The third-order valence-electron chi connectivity index (χ3n) is 5.59. The summed E-state index contributed by atoms with van der Waals surface area (Å²) in [5.41, 5.74) is 0.376. The lowest BCUT2D eigenvalue weighted by Crippen LogP contribution is -2.55. The van der Waals surface area contributed by atoms with E-state index in [4.69, 9.17) is 22.3 Å². The maximum Gasteiger partial charge on any atom is 0.316 e. The topological polar surface area (TPSA) is 116 Å². The molecule has 0 bridgehead atoms. The molecular weight excluding hydrogens is 663 g/mol. The SMILES string of the molecule is CC.COc1cc([O-])c(C(=O)c2ccccc2)cc1SOOO.C[Si](C)O[Si](C)(CCC[N+](C)(C)C)O[Si](C)(C)O[Si](C)(C)C. The number of hydrogen-bond acceptors (Lipinski definition) is 10. The molecule has 2 rings (SSSR count). The highest BCUT2D eigenvalue weighted by Crippen LogP contribution is 2.35. The first-order valence-electron chi connectivity index (χ1n) is 15.0. The number of methoxy groups -OCH3 is 1. The van der Waals surface area contributed by atoms with Crippen LogP contribution in [0.25, 0.3) is 0 Å². The minimum Gasteiger partial charge on any atom is -0.872 e. The molecule has 2 aromatic rings. The lowest BCUT2D eigenvalue weighted by atomic mass is 10.0. The van der Waals surface area contributed by atoms with E-state index in [2.05, 4.69) is 82.9 Å². The molecule has 1 N–H and O–H groups in total. The second-order valence-electron chi connectivity index (χ2n) is 12.9. The average Bonchev–Trinajstić information content (AvgIpc) is 2.90. The molecule has 2 aromatic carbocycles. The molecule has 0 heterocycles. The summed E-state index contributed by atoms with van der Waals surface area (Å²) in [6.07, 6.45) is 1.15. The van der Waals surface area contributed by atoms with Gasteiger partial charge < -0.3 is 26.7 Å². The number of ether oxygens (including phenoxy) is 1. The van der Waals surface area contributed by atoms with Gasteiger partial charge in [-0.2, -0.15) is 0 Å². The molecule has 15 heteroatoms. The van der Waals surface area contributed by atoms with Crippen molar-refractivity contribution in [2.75, 3.05) is 34.8 Å². The van der Waals surface area contributed by atoms with Gasteiger partial charge in [0.05, 0.1) is 51.7 Å². The average molecular weight is 719 g/mol. The highest BCUT2D eigenvalue weighted by molar-refractivity contribution is 7.94. The van der Waals surface area contributed by atoms with E-state index in [1.54, 1.807) is 30.3 Å². The number of ketones is 1. The van der Waals surface area contributed by atoms with Gasteiger partial charge in [0.25, 0.3) is 0 Å². The van der Waals surface area contributed by atoms with Crippen molar-refractivity contribution in [1.82, 2.24) is 0 Å². The summed E-state index contributed by atoms with van der Waals surface area (Å²) in [5.74, 6) is -0.656. The quantitative estimate of drug-likeness (QED) is 0.0469. The fourth-order valence-electron chi connectivity index (χ4n) is 4.45. The summed E-state index contributed by atoms with van der Waals surface area (Å²) < 4.78 is 29.7. The monoisotopic (exact) mass is 718 g/mol. The van der Waals surface area contributed by atoms with Crippen LogP contribution in [0.5, 0.6) is 11.5 Å². The van der Waals surface area contributed by atoms with E-state index < -0.39 is 46.0 Å². The second-order valence-corrected chi connectivity index (χ2v) is 27.7. The van der Waals surface area contributed by atoms with Gasteiger partial charge in [-0.05, 0) is 77.0 Å². The van der Waals surface area contributed by atoms with Crippen molar-refractivity contribution in [3.63, 3.8) is 0 Å². The molecule has 0 aromatic heterocycles. The second kappa shape index (κ2) is 20.1. The number of carbonyl (C=O) groups is 1. The van der Waals surface area contributed by atoms with Gasteiger partial charge in [0, 0.05) is 11.1 Å². The Hall–Kier alpha value is -1.35. The van der Waals surface area contributed by atoms with E-state index in [0.717, 1.165) is 23.5 Å². The number of hydrogen-bond donors (Lipinski definition) is 1. The van der Waals surface area contributed by atoms with Crippen molar-refractivity contribution in [3.05, 3.63) is 53.6 Å². The molecule has 0 saturated carbocycles. The fraction of sp³-hybridized carbons (Fsp3) is 0.567. The smallest absolute Gasteiger partial charge is 0.316 e. The Bertz CT molecular complexity index is 1150. The molecule has 10 nitrogen and oxygen atoms in total. The normalized spacial score (nSPS) is 13.2. The van der Waals surface area contributed by atoms with Crippen LogP contribution in [-0.2, 0) is 21.7 Å². The minimum atomic E-state index is -2.15. The minimum absolute atomic E-state index is 0.0222. The predicted octanol–water partition coefficient (Wildman–Crippen LogP) is 7.45. The van der Waals surface area contributed by atoms with Gasteiger partial charge in [-0.15, -0.1) is 4.33 Å². The third-order valence-corrected chi connectivity index (χ3v) is 19.0.